The maximum Gasteiger partial charge on any atom is 0.160 e. The van der Waals surface area contributed by atoms with Crippen LogP contribution in [0.4, 0.5) is 0 Å². The van der Waals surface area contributed by atoms with Gasteiger partial charge in [-0.1, -0.05) is 19.3 Å². The Morgan fingerprint density at radius 3 is 2.73 bits per heavy atom. The molecule has 0 spiro atoms. The molecule has 3 heterocycles. The van der Waals surface area contributed by atoms with Crippen LogP contribution in [-0.2, 0) is 11.2 Å². The first kappa shape index (κ1) is 14.2. The molecule has 0 radical (unpaired) electrons. The molecule has 1 saturated heterocycles. The molecule has 4 heteroatoms. The van der Waals surface area contributed by atoms with Gasteiger partial charge in [0.1, 0.15) is 11.3 Å². The quantitative estimate of drug-likeness (QED) is 0.863. The average molecular weight is 299 g/mol. The van der Waals surface area contributed by atoms with Crippen LogP contribution in [0.15, 0.2) is 18.3 Å². The number of ether oxygens (including phenoxy) is 1. The summed E-state index contributed by atoms with van der Waals surface area (Å²) in [4.78, 5) is 9.59. The number of hydrogen-bond acceptors (Lipinski definition) is 3. The van der Waals surface area contributed by atoms with Crippen LogP contribution in [0.1, 0.15) is 56.8 Å². The second-order valence-electron chi connectivity index (χ2n) is 6.80. The summed E-state index contributed by atoms with van der Waals surface area (Å²) >= 11 is 0. The molecular weight excluding hydrogens is 274 g/mol. The zero-order valence-electron chi connectivity index (χ0n) is 13.2. The van der Waals surface area contributed by atoms with E-state index in [-0.39, 0.29) is 0 Å². The first-order chi connectivity index (χ1) is 10.9. The molecule has 1 saturated carbocycles. The number of fused-ring (bicyclic) bond motifs is 1. The lowest BCUT2D eigenvalue weighted by Gasteiger charge is -2.27. The minimum atomic E-state index is 0.600. The van der Waals surface area contributed by atoms with Crippen LogP contribution in [0, 0.1) is 5.92 Å². The van der Waals surface area contributed by atoms with Gasteiger partial charge in [-0.25, -0.2) is 9.97 Å². The van der Waals surface area contributed by atoms with Crippen LogP contribution in [0.25, 0.3) is 11.2 Å². The molecule has 0 aromatic carbocycles. The second kappa shape index (κ2) is 6.37. The molecular formula is C18H25N3O. The smallest absolute Gasteiger partial charge is 0.160 e. The Balaban J connectivity index is 1.68. The summed E-state index contributed by atoms with van der Waals surface area (Å²) in [5, 5.41) is 0. The van der Waals surface area contributed by atoms with E-state index in [1.54, 1.807) is 0 Å². The molecule has 2 aromatic heterocycles. The Kier molecular flexibility index (Phi) is 4.11. The van der Waals surface area contributed by atoms with Gasteiger partial charge < -0.3 is 9.30 Å². The Morgan fingerprint density at radius 1 is 1.09 bits per heavy atom. The highest BCUT2D eigenvalue weighted by molar-refractivity contribution is 5.71. The number of imidazole rings is 1. The van der Waals surface area contributed by atoms with E-state index in [2.05, 4.69) is 15.6 Å². The minimum Gasteiger partial charge on any atom is -0.381 e. The third-order valence-electron chi connectivity index (χ3n) is 5.27. The summed E-state index contributed by atoms with van der Waals surface area (Å²) in [5.41, 5.74) is 2.16. The molecule has 22 heavy (non-hydrogen) atoms. The lowest BCUT2D eigenvalue weighted by atomic mass is 9.93. The van der Waals surface area contributed by atoms with Gasteiger partial charge in [-0.05, 0) is 43.7 Å². The molecule has 2 aliphatic rings. The average Bonchev–Trinajstić information content (AvgIpc) is 2.94. The third kappa shape index (κ3) is 2.76. The molecule has 1 aliphatic carbocycles. The maximum absolute atomic E-state index is 5.50. The first-order valence-electron chi connectivity index (χ1n) is 8.81. The van der Waals surface area contributed by atoms with Crippen molar-refractivity contribution in [2.24, 2.45) is 5.92 Å². The lowest BCUT2D eigenvalue weighted by Crippen LogP contribution is -2.21. The first-order valence-corrected chi connectivity index (χ1v) is 8.81. The van der Waals surface area contributed by atoms with Crippen molar-refractivity contribution in [3.8, 4) is 0 Å². The van der Waals surface area contributed by atoms with Crippen LogP contribution in [0.3, 0.4) is 0 Å². The Morgan fingerprint density at radius 2 is 1.91 bits per heavy atom. The molecule has 0 bridgehead atoms. The van der Waals surface area contributed by atoms with E-state index in [4.69, 9.17) is 9.72 Å². The predicted molar refractivity (Wildman–Crippen MR) is 86.9 cm³/mol. The number of pyridine rings is 1. The van der Waals surface area contributed by atoms with Crippen LogP contribution in [0.2, 0.25) is 0 Å². The van der Waals surface area contributed by atoms with Gasteiger partial charge in [0.15, 0.2) is 5.65 Å². The van der Waals surface area contributed by atoms with E-state index in [1.807, 2.05) is 12.3 Å². The van der Waals surface area contributed by atoms with Crippen LogP contribution in [0.5, 0.6) is 0 Å². The van der Waals surface area contributed by atoms with E-state index >= 15 is 0 Å². The maximum atomic E-state index is 5.50. The summed E-state index contributed by atoms with van der Waals surface area (Å²) in [6.45, 7) is 1.82. The van der Waals surface area contributed by atoms with Crippen molar-refractivity contribution in [3.63, 3.8) is 0 Å². The molecule has 0 atom stereocenters. The molecule has 0 unspecified atom stereocenters. The topological polar surface area (TPSA) is 39.9 Å². The van der Waals surface area contributed by atoms with Gasteiger partial charge in [-0.3, -0.25) is 0 Å². The third-order valence-corrected chi connectivity index (χ3v) is 5.27. The fraction of sp³-hybridized carbons (Fsp3) is 0.667. The summed E-state index contributed by atoms with van der Waals surface area (Å²) in [7, 11) is 0. The van der Waals surface area contributed by atoms with Crippen molar-refractivity contribution in [1.29, 1.82) is 0 Å². The van der Waals surface area contributed by atoms with Crippen molar-refractivity contribution >= 4 is 11.2 Å². The van der Waals surface area contributed by atoms with Gasteiger partial charge >= 0.3 is 0 Å². The summed E-state index contributed by atoms with van der Waals surface area (Å²) in [5.74, 6) is 1.97. The number of hydrogen-bond donors (Lipinski definition) is 0. The van der Waals surface area contributed by atoms with Crippen molar-refractivity contribution < 1.29 is 4.74 Å². The van der Waals surface area contributed by atoms with Crippen molar-refractivity contribution in [1.82, 2.24) is 14.5 Å². The number of rotatable bonds is 3. The molecule has 4 nitrogen and oxygen atoms in total. The van der Waals surface area contributed by atoms with E-state index < -0.39 is 0 Å². The highest BCUT2D eigenvalue weighted by atomic mass is 16.5. The zero-order valence-corrected chi connectivity index (χ0v) is 13.2. The van der Waals surface area contributed by atoms with Crippen LogP contribution >= 0.6 is 0 Å². The predicted octanol–water partition coefficient (Wildman–Crippen LogP) is 3.91. The fourth-order valence-electron chi connectivity index (χ4n) is 4.05. The van der Waals surface area contributed by atoms with Gasteiger partial charge in [0.25, 0.3) is 0 Å². The standard InChI is InChI=1S/C18H25N3O/c1-2-5-15(6-3-1)21-17(13-14-8-11-22-12-9-14)20-16-7-4-10-19-18(16)21/h4,7,10,14-15H,1-3,5-6,8-9,11-13H2. The Hall–Kier alpha value is -1.42. The summed E-state index contributed by atoms with van der Waals surface area (Å²) in [6, 6.07) is 4.71. The highest BCUT2D eigenvalue weighted by Gasteiger charge is 2.24. The Labute approximate surface area is 131 Å². The van der Waals surface area contributed by atoms with E-state index in [1.165, 1.54) is 50.8 Å². The van der Waals surface area contributed by atoms with E-state index in [0.717, 1.165) is 30.8 Å². The number of nitrogens with zero attached hydrogens (tertiary/aromatic N) is 3. The Bertz CT molecular complexity index is 624. The van der Waals surface area contributed by atoms with Crippen LogP contribution < -0.4 is 0 Å². The van der Waals surface area contributed by atoms with Gasteiger partial charge in [-0.2, -0.15) is 0 Å². The van der Waals surface area contributed by atoms with E-state index in [0.29, 0.717) is 12.0 Å². The van der Waals surface area contributed by atoms with Crippen molar-refractivity contribution in [2.45, 2.75) is 57.4 Å². The monoisotopic (exact) mass is 299 g/mol. The zero-order chi connectivity index (χ0) is 14.8. The summed E-state index contributed by atoms with van der Waals surface area (Å²) < 4.78 is 7.98. The SMILES string of the molecule is c1cnc2c(c1)nc(CC1CCOCC1)n2C1CCCCC1. The van der Waals surface area contributed by atoms with Gasteiger partial charge in [0.05, 0.1) is 0 Å². The second-order valence-corrected chi connectivity index (χ2v) is 6.80. The molecule has 4 rings (SSSR count). The van der Waals surface area contributed by atoms with Gasteiger partial charge in [0.2, 0.25) is 0 Å². The van der Waals surface area contributed by atoms with E-state index in [9.17, 15) is 0 Å². The highest BCUT2D eigenvalue weighted by Crippen LogP contribution is 2.33. The molecule has 0 N–H and O–H groups in total. The van der Waals surface area contributed by atoms with Gasteiger partial charge in [-0.15, -0.1) is 0 Å². The minimum absolute atomic E-state index is 0.600. The van der Waals surface area contributed by atoms with Crippen molar-refractivity contribution in [3.05, 3.63) is 24.2 Å². The normalized spacial score (nSPS) is 21.5. The molecule has 2 aromatic rings. The molecule has 0 amide bonds. The molecule has 2 fully saturated rings. The molecule has 118 valence electrons. The lowest BCUT2D eigenvalue weighted by molar-refractivity contribution is 0.0656. The largest absolute Gasteiger partial charge is 0.381 e. The summed E-state index contributed by atoms with van der Waals surface area (Å²) in [6.07, 6.45) is 11.9. The fourth-order valence-corrected chi connectivity index (χ4v) is 4.05. The van der Waals surface area contributed by atoms with Gasteiger partial charge in [0, 0.05) is 31.9 Å². The van der Waals surface area contributed by atoms with Crippen LogP contribution in [-0.4, -0.2) is 27.7 Å². The molecule has 1 aliphatic heterocycles. The van der Waals surface area contributed by atoms with Crippen molar-refractivity contribution in [2.75, 3.05) is 13.2 Å². The number of aromatic nitrogens is 3.